The number of fused-ring (bicyclic) bond motifs is 1. The van der Waals surface area contributed by atoms with Crippen molar-refractivity contribution < 1.29 is 4.92 Å². The molecule has 110 valence electrons. The third-order valence-electron chi connectivity index (χ3n) is 3.87. The Morgan fingerprint density at radius 1 is 1.33 bits per heavy atom. The maximum atomic E-state index is 11.4. The topological polar surface area (TPSA) is 67.2 Å². The first kappa shape index (κ1) is 13.9. The fourth-order valence-electron chi connectivity index (χ4n) is 2.88. The van der Waals surface area contributed by atoms with Gasteiger partial charge in [0.05, 0.1) is 11.0 Å². The van der Waals surface area contributed by atoms with Gasteiger partial charge in [-0.15, -0.1) is 11.3 Å². The zero-order valence-electron chi connectivity index (χ0n) is 11.8. The monoisotopic (exact) mass is 303 g/mol. The molecule has 0 spiro atoms. The minimum absolute atomic E-state index is 0.113. The van der Waals surface area contributed by atoms with Crippen LogP contribution in [0.25, 0.3) is 0 Å². The second kappa shape index (κ2) is 5.73. The lowest BCUT2D eigenvalue weighted by atomic mass is 9.93. The number of anilines is 2. The van der Waals surface area contributed by atoms with E-state index in [0.29, 0.717) is 11.4 Å². The smallest absolute Gasteiger partial charge is 0.315 e. The van der Waals surface area contributed by atoms with Gasteiger partial charge in [0, 0.05) is 11.9 Å². The molecule has 0 saturated carbocycles. The largest absolute Gasteiger partial charge is 0.382 e. The molecule has 2 aromatic rings. The molecule has 6 heteroatoms. The van der Waals surface area contributed by atoms with Gasteiger partial charge in [-0.05, 0) is 48.4 Å². The first-order valence-electron chi connectivity index (χ1n) is 6.98. The summed E-state index contributed by atoms with van der Waals surface area (Å²) in [5, 5.41) is 19.7. The molecule has 2 N–H and O–H groups in total. The van der Waals surface area contributed by atoms with Crippen LogP contribution in [0.15, 0.2) is 29.6 Å². The van der Waals surface area contributed by atoms with Gasteiger partial charge in [0.25, 0.3) is 0 Å². The minimum atomic E-state index is -0.328. The predicted octanol–water partition coefficient (Wildman–Crippen LogP) is 4.19. The molecule has 1 aliphatic rings. The number of hydrogen-bond donors (Lipinski definition) is 2. The molecule has 5 nitrogen and oxygen atoms in total. The van der Waals surface area contributed by atoms with Gasteiger partial charge < -0.3 is 10.6 Å². The summed E-state index contributed by atoms with van der Waals surface area (Å²) in [6, 6.07) is 7.62. The van der Waals surface area contributed by atoms with Gasteiger partial charge in [0.2, 0.25) is 0 Å². The molecular weight excluding hydrogens is 286 g/mol. The molecule has 1 heterocycles. The van der Waals surface area contributed by atoms with Crippen molar-refractivity contribution in [3.63, 3.8) is 0 Å². The van der Waals surface area contributed by atoms with Crippen LogP contribution in [0.2, 0.25) is 0 Å². The average molecular weight is 303 g/mol. The summed E-state index contributed by atoms with van der Waals surface area (Å²) in [4.78, 5) is 12.4. The number of nitro groups is 1. The average Bonchev–Trinajstić information content (AvgIpc) is 2.96. The quantitative estimate of drug-likeness (QED) is 0.656. The van der Waals surface area contributed by atoms with Gasteiger partial charge in [-0.3, -0.25) is 10.1 Å². The molecule has 0 aliphatic heterocycles. The van der Waals surface area contributed by atoms with Gasteiger partial charge in [-0.1, -0.05) is 6.07 Å². The Balaban J connectivity index is 1.95. The van der Waals surface area contributed by atoms with Crippen LogP contribution in [0, 0.1) is 10.1 Å². The lowest BCUT2D eigenvalue weighted by Gasteiger charge is -2.24. The minimum Gasteiger partial charge on any atom is -0.382 e. The molecule has 1 aromatic heterocycles. The van der Waals surface area contributed by atoms with Crippen LogP contribution in [-0.4, -0.2) is 12.0 Å². The van der Waals surface area contributed by atoms with Crippen molar-refractivity contribution >= 4 is 28.4 Å². The fraction of sp³-hybridized carbons (Fsp3) is 0.333. The van der Waals surface area contributed by atoms with Crippen LogP contribution < -0.4 is 10.6 Å². The van der Waals surface area contributed by atoms with Crippen LogP contribution in [0.4, 0.5) is 17.1 Å². The normalized spacial score (nSPS) is 17.1. The lowest BCUT2D eigenvalue weighted by molar-refractivity contribution is -0.383. The van der Waals surface area contributed by atoms with E-state index < -0.39 is 0 Å². The number of nitro benzene ring substituents is 1. The van der Waals surface area contributed by atoms with E-state index in [1.807, 2.05) is 6.07 Å². The van der Waals surface area contributed by atoms with Gasteiger partial charge in [-0.2, -0.15) is 0 Å². The molecular formula is C15H17N3O2S. The van der Waals surface area contributed by atoms with Gasteiger partial charge in [0.1, 0.15) is 11.4 Å². The Bertz CT molecular complexity index is 669. The van der Waals surface area contributed by atoms with Crippen molar-refractivity contribution in [3.05, 3.63) is 50.2 Å². The second-order valence-electron chi connectivity index (χ2n) is 5.10. The van der Waals surface area contributed by atoms with E-state index in [0.717, 1.165) is 19.3 Å². The third kappa shape index (κ3) is 2.58. The molecule has 21 heavy (non-hydrogen) atoms. The van der Waals surface area contributed by atoms with Crippen LogP contribution in [0.5, 0.6) is 0 Å². The maximum Gasteiger partial charge on any atom is 0.315 e. The van der Waals surface area contributed by atoms with Gasteiger partial charge in [0.15, 0.2) is 0 Å². The van der Waals surface area contributed by atoms with Crippen LogP contribution in [0.1, 0.15) is 29.3 Å². The molecule has 1 aromatic carbocycles. The summed E-state index contributed by atoms with van der Waals surface area (Å²) in [7, 11) is 1.70. The maximum absolute atomic E-state index is 11.4. The number of benzene rings is 1. The van der Waals surface area contributed by atoms with Crippen molar-refractivity contribution in [1.82, 2.24) is 0 Å². The standard InChI is InChI=1S/C15H17N3O2S/c1-16-12-5-2-6-13(15(12)18(19)20)17-11-4-3-7-14-10(11)8-9-21-14/h2,5-6,8-9,11,16-17H,3-4,7H2,1H3. The summed E-state index contributed by atoms with van der Waals surface area (Å²) in [6.45, 7) is 0. The number of nitrogens with zero attached hydrogens (tertiary/aromatic N) is 1. The van der Waals surface area contributed by atoms with Crippen LogP contribution in [-0.2, 0) is 6.42 Å². The van der Waals surface area contributed by atoms with E-state index in [2.05, 4.69) is 22.1 Å². The van der Waals surface area contributed by atoms with Crippen LogP contribution >= 0.6 is 11.3 Å². The highest BCUT2D eigenvalue weighted by atomic mass is 32.1. The molecule has 0 saturated heterocycles. The Kier molecular flexibility index (Phi) is 3.79. The number of rotatable bonds is 4. The van der Waals surface area contributed by atoms with Crippen molar-refractivity contribution in [2.45, 2.75) is 25.3 Å². The lowest BCUT2D eigenvalue weighted by Crippen LogP contribution is -2.16. The summed E-state index contributed by atoms with van der Waals surface area (Å²) < 4.78 is 0. The van der Waals surface area contributed by atoms with E-state index in [1.165, 1.54) is 10.4 Å². The molecule has 1 unspecified atom stereocenters. The first-order chi connectivity index (χ1) is 10.2. The molecule has 1 atom stereocenters. The van der Waals surface area contributed by atoms with E-state index in [9.17, 15) is 10.1 Å². The number of para-hydroxylation sites is 1. The molecule has 0 bridgehead atoms. The number of aryl methyl sites for hydroxylation is 1. The Morgan fingerprint density at radius 3 is 2.90 bits per heavy atom. The zero-order chi connectivity index (χ0) is 14.8. The SMILES string of the molecule is CNc1cccc(NC2CCCc3sccc32)c1[N+](=O)[O-]. The van der Waals surface area contributed by atoms with Crippen molar-refractivity contribution in [3.8, 4) is 0 Å². The summed E-state index contributed by atoms with van der Waals surface area (Å²) in [6.07, 6.45) is 3.24. The first-order valence-corrected chi connectivity index (χ1v) is 7.86. The van der Waals surface area contributed by atoms with Crippen LogP contribution in [0.3, 0.4) is 0 Å². The highest BCUT2D eigenvalue weighted by molar-refractivity contribution is 7.10. The van der Waals surface area contributed by atoms with E-state index in [1.54, 1.807) is 30.5 Å². The summed E-state index contributed by atoms with van der Waals surface area (Å²) >= 11 is 1.77. The van der Waals surface area contributed by atoms with E-state index in [4.69, 9.17) is 0 Å². The number of nitrogens with one attached hydrogen (secondary N) is 2. The van der Waals surface area contributed by atoms with Crippen molar-refractivity contribution in [2.75, 3.05) is 17.7 Å². The second-order valence-corrected chi connectivity index (χ2v) is 6.10. The molecule has 0 radical (unpaired) electrons. The summed E-state index contributed by atoms with van der Waals surface area (Å²) in [5.74, 6) is 0. The highest BCUT2D eigenvalue weighted by Crippen LogP contribution is 2.39. The van der Waals surface area contributed by atoms with E-state index >= 15 is 0 Å². The Hall–Kier alpha value is -2.08. The molecule has 0 fully saturated rings. The predicted molar refractivity (Wildman–Crippen MR) is 86.3 cm³/mol. The number of hydrogen-bond acceptors (Lipinski definition) is 5. The fourth-order valence-corrected chi connectivity index (χ4v) is 3.87. The molecule has 0 amide bonds. The number of thiophene rings is 1. The zero-order valence-corrected chi connectivity index (χ0v) is 12.6. The van der Waals surface area contributed by atoms with Gasteiger partial charge >= 0.3 is 5.69 Å². The van der Waals surface area contributed by atoms with Crippen molar-refractivity contribution in [1.29, 1.82) is 0 Å². The third-order valence-corrected chi connectivity index (χ3v) is 4.87. The summed E-state index contributed by atoms with van der Waals surface area (Å²) in [5.41, 5.74) is 2.51. The molecule has 1 aliphatic carbocycles. The Morgan fingerprint density at radius 2 is 2.14 bits per heavy atom. The molecule has 3 rings (SSSR count). The Labute approximate surface area is 127 Å². The van der Waals surface area contributed by atoms with E-state index in [-0.39, 0.29) is 16.7 Å². The van der Waals surface area contributed by atoms with Gasteiger partial charge in [-0.25, -0.2) is 0 Å². The highest BCUT2D eigenvalue weighted by Gasteiger charge is 2.25. The van der Waals surface area contributed by atoms with Crippen molar-refractivity contribution in [2.24, 2.45) is 0 Å².